The summed E-state index contributed by atoms with van der Waals surface area (Å²) in [7, 11) is 3.46. The van der Waals surface area contributed by atoms with E-state index >= 15 is 0 Å². The molecule has 0 bridgehead atoms. The molecule has 29 heavy (non-hydrogen) atoms. The molecular formula is C27H20O2. The smallest absolute Gasteiger partial charge is 0.119 e. The second-order valence-electron chi connectivity index (χ2n) is 7.66. The van der Waals surface area contributed by atoms with Crippen LogP contribution in [0.5, 0.6) is 11.5 Å². The Balaban J connectivity index is 1.83. The van der Waals surface area contributed by atoms with Crippen LogP contribution in [0.1, 0.15) is 22.3 Å². The lowest BCUT2D eigenvalue weighted by molar-refractivity contribution is 0.413. The topological polar surface area (TPSA) is 18.5 Å². The molecule has 140 valence electrons. The minimum atomic E-state index is -0.360. The lowest BCUT2D eigenvalue weighted by atomic mass is 9.70. The molecule has 1 spiro atoms. The summed E-state index contributed by atoms with van der Waals surface area (Å²) >= 11 is 0. The van der Waals surface area contributed by atoms with Gasteiger partial charge in [-0.25, -0.2) is 0 Å². The van der Waals surface area contributed by atoms with Crippen LogP contribution in [0.3, 0.4) is 0 Å². The van der Waals surface area contributed by atoms with Gasteiger partial charge in [0.25, 0.3) is 0 Å². The van der Waals surface area contributed by atoms with Crippen LogP contribution in [0.25, 0.3) is 22.3 Å². The summed E-state index contributed by atoms with van der Waals surface area (Å²) in [5.41, 5.74) is 9.95. The molecule has 2 aliphatic carbocycles. The van der Waals surface area contributed by atoms with Crippen LogP contribution >= 0.6 is 0 Å². The third-order valence-electron chi connectivity index (χ3n) is 6.50. The zero-order chi connectivity index (χ0) is 19.6. The largest absolute Gasteiger partial charge is 0.497 e. The third kappa shape index (κ3) is 1.91. The first kappa shape index (κ1) is 16.4. The quantitative estimate of drug-likeness (QED) is 0.366. The van der Waals surface area contributed by atoms with E-state index in [4.69, 9.17) is 9.47 Å². The first-order valence-corrected chi connectivity index (χ1v) is 9.86. The molecule has 0 atom stereocenters. The van der Waals surface area contributed by atoms with E-state index < -0.39 is 0 Å². The molecule has 0 unspecified atom stereocenters. The monoisotopic (exact) mass is 376 g/mol. The van der Waals surface area contributed by atoms with Gasteiger partial charge >= 0.3 is 0 Å². The lowest BCUT2D eigenvalue weighted by Crippen LogP contribution is -2.25. The highest BCUT2D eigenvalue weighted by molar-refractivity contribution is 5.95. The number of hydrogen-bond donors (Lipinski definition) is 0. The number of hydrogen-bond acceptors (Lipinski definition) is 2. The summed E-state index contributed by atoms with van der Waals surface area (Å²) in [5, 5.41) is 0. The summed E-state index contributed by atoms with van der Waals surface area (Å²) in [4.78, 5) is 0. The molecular weight excluding hydrogens is 356 g/mol. The molecule has 0 radical (unpaired) electrons. The minimum Gasteiger partial charge on any atom is -0.497 e. The molecule has 0 aromatic heterocycles. The van der Waals surface area contributed by atoms with E-state index in [1.807, 2.05) is 0 Å². The Kier molecular flexibility index (Phi) is 3.25. The standard InChI is InChI=1S/C27H20O2/c1-28-17-11-13-21-22-14-12-18(29-2)16-26(22)27(25(21)15-17)23-9-5-3-7-19(23)20-8-4-6-10-24(20)27/h3-16H,1-2H3. The fourth-order valence-electron chi connectivity index (χ4n) is 5.35. The van der Waals surface area contributed by atoms with Crippen LogP contribution < -0.4 is 9.47 Å². The maximum Gasteiger partial charge on any atom is 0.119 e. The van der Waals surface area contributed by atoms with Crippen molar-refractivity contribution in [1.29, 1.82) is 0 Å². The molecule has 2 nitrogen and oxygen atoms in total. The molecule has 4 aromatic carbocycles. The molecule has 0 saturated heterocycles. The zero-order valence-electron chi connectivity index (χ0n) is 16.4. The van der Waals surface area contributed by atoms with Crippen molar-refractivity contribution < 1.29 is 9.47 Å². The average Bonchev–Trinajstić information content (AvgIpc) is 3.25. The van der Waals surface area contributed by atoms with E-state index in [2.05, 4.69) is 84.9 Å². The predicted octanol–water partition coefficient (Wildman–Crippen LogP) is 6.05. The van der Waals surface area contributed by atoms with Gasteiger partial charge in [0.1, 0.15) is 11.5 Å². The van der Waals surface area contributed by atoms with Crippen LogP contribution in [0.2, 0.25) is 0 Å². The fraction of sp³-hybridized carbons (Fsp3) is 0.111. The van der Waals surface area contributed by atoms with Gasteiger partial charge in [0.05, 0.1) is 19.6 Å². The van der Waals surface area contributed by atoms with Crippen molar-refractivity contribution in [2.45, 2.75) is 5.41 Å². The van der Waals surface area contributed by atoms with Crippen molar-refractivity contribution in [3.63, 3.8) is 0 Å². The molecule has 0 N–H and O–H groups in total. The Morgan fingerprint density at radius 2 is 0.897 bits per heavy atom. The first-order valence-electron chi connectivity index (χ1n) is 9.86. The Morgan fingerprint density at radius 3 is 1.34 bits per heavy atom. The van der Waals surface area contributed by atoms with E-state index in [9.17, 15) is 0 Å². The number of rotatable bonds is 2. The van der Waals surface area contributed by atoms with E-state index in [0.29, 0.717) is 0 Å². The Bertz CT molecular complexity index is 1180. The van der Waals surface area contributed by atoms with Crippen LogP contribution in [-0.2, 0) is 5.41 Å². The minimum absolute atomic E-state index is 0.360. The van der Waals surface area contributed by atoms with Gasteiger partial charge in [-0.1, -0.05) is 60.7 Å². The maximum atomic E-state index is 5.64. The van der Waals surface area contributed by atoms with Gasteiger partial charge in [-0.05, 0) is 68.8 Å². The second-order valence-corrected chi connectivity index (χ2v) is 7.66. The van der Waals surface area contributed by atoms with Gasteiger partial charge in [-0.2, -0.15) is 0 Å². The van der Waals surface area contributed by atoms with Crippen molar-refractivity contribution in [1.82, 2.24) is 0 Å². The Hall–Kier alpha value is -3.52. The number of methoxy groups -OCH3 is 2. The first-order chi connectivity index (χ1) is 14.3. The molecule has 0 fully saturated rings. The van der Waals surface area contributed by atoms with Gasteiger partial charge in [0.15, 0.2) is 0 Å². The Morgan fingerprint density at radius 1 is 0.483 bits per heavy atom. The van der Waals surface area contributed by atoms with Gasteiger partial charge < -0.3 is 9.47 Å². The number of benzene rings is 4. The molecule has 0 amide bonds. The Labute approximate surface area is 170 Å². The van der Waals surface area contributed by atoms with Gasteiger partial charge in [-0.3, -0.25) is 0 Å². The van der Waals surface area contributed by atoms with Gasteiger partial charge in [-0.15, -0.1) is 0 Å². The van der Waals surface area contributed by atoms with Crippen LogP contribution in [0, 0.1) is 0 Å². The fourth-order valence-corrected chi connectivity index (χ4v) is 5.35. The molecule has 0 heterocycles. The normalized spacial score (nSPS) is 14.1. The maximum absolute atomic E-state index is 5.64. The summed E-state index contributed by atoms with van der Waals surface area (Å²) in [6.07, 6.45) is 0. The van der Waals surface area contributed by atoms with E-state index in [-0.39, 0.29) is 5.41 Å². The van der Waals surface area contributed by atoms with Crippen molar-refractivity contribution in [2.75, 3.05) is 14.2 Å². The van der Waals surface area contributed by atoms with Crippen molar-refractivity contribution >= 4 is 0 Å². The number of fused-ring (bicyclic) bond motifs is 10. The zero-order valence-corrected chi connectivity index (χ0v) is 16.4. The van der Waals surface area contributed by atoms with E-state index in [0.717, 1.165) is 11.5 Å². The summed E-state index contributed by atoms with van der Waals surface area (Å²) in [6, 6.07) is 30.5. The van der Waals surface area contributed by atoms with Gasteiger partial charge in [0, 0.05) is 0 Å². The highest BCUT2D eigenvalue weighted by atomic mass is 16.5. The average molecular weight is 376 g/mol. The SMILES string of the molecule is COc1ccc2c(c1)C1(c3ccccc3-c3ccccc31)c1cc(OC)ccc1-2. The molecule has 2 aliphatic rings. The number of ether oxygens (including phenoxy) is 2. The van der Waals surface area contributed by atoms with E-state index in [1.54, 1.807) is 14.2 Å². The predicted molar refractivity (Wildman–Crippen MR) is 116 cm³/mol. The molecule has 6 rings (SSSR count). The van der Waals surface area contributed by atoms with Crippen molar-refractivity contribution in [3.8, 4) is 33.8 Å². The van der Waals surface area contributed by atoms with Gasteiger partial charge in [0.2, 0.25) is 0 Å². The lowest BCUT2D eigenvalue weighted by Gasteiger charge is -2.30. The van der Waals surface area contributed by atoms with Crippen molar-refractivity contribution in [2.24, 2.45) is 0 Å². The van der Waals surface area contributed by atoms with Crippen LogP contribution in [0.15, 0.2) is 84.9 Å². The summed E-state index contributed by atoms with van der Waals surface area (Å²) in [6.45, 7) is 0. The third-order valence-corrected chi connectivity index (χ3v) is 6.50. The molecule has 0 saturated carbocycles. The van der Waals surface area contributed by atoms with Crippen LogP contribution in [-0.4, -0.2) is 14.2 Å². The highest BCUT2D eigenvalue weighted by Gasteiger charge is 2.51. The van der Waals surface area contributed by atoms with Crippen LogP contribution in [0.4, 0.5) is 0 Å². The molecule has 4 aromatic rings. The summed E-state index contributed by atoms with van der Waals surface area (Å²) < 4.78 is 11.3. The second kappa shape index (κ2) is 5.74. The molecule has 0 aliphatic heterocycles. The highest BCUT2D eigenvalue weighted by Crippen LogP contribution is 2.63. The van der Waals surface area contributed by atoms with E-state index in [1.165, 1.54) is 44.5 Å². The molecule has 2 heteroatoms. The summed E-state index contributed by atoms with van der Waals surface area (Å²) in [5.74, 6) is 1.76. The van der Waals surface area contributed by atoms with Crippen molar-refractivity contribution in [3.05, 3.63) is 107 Å².